The van der Waals surface area contributed by atoms with Crippen LogP contribution in [0.15, 0.2) is 18.3 Å². The molecule has 2 aliphatic rings. The summed E-state index contributed by atoms with van der Waals surface area (Å²) in [6.45, 7) is 10.3. The molecule has 0 radical (unpaired) electrons. The first-order valence-corrected chi connectivity index (χ1v) is 11.1. The standard InChI is InChI=1S/C23H37N3O2/c1-5-15-25-16-9-8-12-20(25)18-13-14-21(24-17-18)26(19-10-6-7-11-19)22(27)28-23(2,3)4/h13-14,17,19-20H,5-12,15-16H2,1-4H3. The van der Waals surface area contributed by atoms with Crippen LogP contribution in [0.4, 0.5) is 10.6 Å². The van der Waals surface area contributed by atoms with Gasteiger partial charge in [-0.1, -0.05) is 32.3 Å². The summed E-state index contributed by atoms with van der Waals surface area (Å²) in [4.78, 5) is 22.1. The van der Waals surface area contributed by atoms with Crippen molar-refractivity contribution in [3.63, 3.8) is 0 Å². The molecule has 2 heterocycles. The van der Waals surface area contributed by atoms with E-state index in [0.717, 1.165) is 38.0 Å². The van der Waals surface area contributed by atoms with Gasteiger partial charge in [0.25, 0.3) is 0 Å². The van der Waals surface area contributed by atoms with Crippen molar-refractivity contribution in [2.75, 3.05) is 18.0 Å². The lowest BCUT2D eigenvalue weighted by Crippen LogP contribution is -2.43. The van der Waals surface area contributed by atoms with Gasteiger partial charge in [-0.05, 0) is 77.6 Å². The molecule has 3 rings (SSSR count). The van der Waals surface area contributed by atoms with E-state index < -0.39 is 5.60 Å². The normalized spacial score (nSPS) is 21.6. The summed E-state index contributed by atoms with van der Waals surface area (Å²) in [6.07, 6.45) is 11.0. The Labute approximate surface area is 170 Å². The molecule has 0 bridgehead atoms. The van der Waals surface area contributed by atoms with Crippen molar-refractivity contribution < 1.29 is 9.53 Å². The summed E-state index contributed by atoms with van der Waals surface area (Å²) in [7, 11) is 0. The van der Waals surface area contributed by atoms with Gasteiger partial charge in [0.05, 0.1) is 0 Å². The maximum atomic E-state index is 12.9. The third kappa shape index (κ3) is 5.25. The zero-order valence-electron chi connectivity index (χ0n) is 18.1. The van der Waals surface area contributed by atoms with E-state index in [1.54, 1.807) is 4.90 Å². The number of amides is 1. The second kappa shape index (κ2) is 9.25. The highest BCUT2D eigenvalue weighted by Gasteiger charge is 2.33. The van der Waals surface area contributed by atoms with E-state index in [1.807, 2.05) is 33.0 Å². The zero-order chi connectivity index (χ0) is 20.1. The molecule has 28 heavy (non-hydrogen) atoms. The fourth-order valence-corrected chi connectivity index (χ4v) is 4.56. The van der Waals surface area contributed by atoms with Gasteiger partial charge in [-0.2, -0.15) is 0 Å². The fourth-order valence-electron chi connectivity index (χ4n) is 4.56. The summed E-state index contributed by atoms with van der Waals surface area (Å²) in [5.41, 5.74) is 0.767. The third-order valence-electron chi connectivity index (χ3n) is 5.81. The predicted molar refractivity (Wildman–Crippen MR) is 114 cm³/mol. The largest absolute Gasteiger partial charge is 0.443 e. The van der Waals surface area contributed by atoms with Crippen LogP contribution in [0.3, 0.4) is 0 Å². The number of hydrogen-bond acceptors (Lipinski definition) is 4. The van der Waals surface area contributed by atoms with Crippen LogP contribution in [-0.4, -0.2) is 40.7 Å². The Bertz CT molecular complexity index is 630. The third-order valence-corrected chi connectivity index (χ3v) is 5.81. The molecule has 2 fully saturated rings. The van der Waals surface area contributed by atoms with Gasteiger partial charge in [-0.3, -0.25) is 9.80 Å². The fraction of sp³-hybridized carbons (Fsp3) is 0.739. The average Bonchev–Trinajstić information content (AvgIpc) is 3.16. The Morgan fingerprint density at radius 3 is 2.50 bits per heavy atom. The first-order chi connectivity index (χ1) is 13.4. The Morgan fingerprint density at radius 2 is 1.89 bits per heavy atom. The molecule has 1 saturated heterocycles. The smallest absolute Gasteiger partial charge is 0.416 e. The summed E-state index contributed by atoms with van der Waals surface area (Å²) in [5, 5.41) is 0. The van der Waals surface area contributed by atoms with E-state index >= 15 is 0 Å². The summed E-state index contributed by atoms with van der Waals surface area (Å²) in [5.74, 6) is 0.725. The summed E-state index contributed by atoms with van der Waals surface area (Å²) >= 11 is 0. The molecule has 1 saturated carbocycles. The van der Waals surface area contributed by atoms with Crippen molar-refractivity contribution >= 4 is 11.9 Å². The van der Waals surface area contributed by atoms with Crippen molar-refractivity contribution in [3.8, 4) is 0 Å². The van der Waals surface area contributed by atoms with Gasteiger partial charge in [0.15, 0.2) is 0 Å². The Morgan fingerprint density at radius 1 is 1.18 bits per heavy atom. The van der Waals surface area contributed by atoms with E-state index in [-0.39, 0.29) is 12.1 Å². The highest BCUT2D eigenvalue weighted by atomic mass is 16.6. The van der Waals surface area contributed by atoms with Gasteiger partial charge in [-0.15, -0.1) is 0 Å². The van der Waals surface area contributed by atoms with Crippen LogP contribution in [-0.2, 0) is 4.74 Å². The first kappa shape index (κ1) is 21.1. The molecule has 5 nitrogen and oxygen atoms in total. The molecule has 0 spiro atoms. The van der Waals surface area contributed by atoms with Gasteiger partial charge in [0.2, 0.25) is 0 Å². The SMILES string of the molecule is CCCN1CCCCC1c1ccc(N(C(=O)OC(C)(C)C)C2CCCC2)nc1. The topological polar surface area (TPSA) is 45.7 Å². The number of likely N-dealkylation sites (tertiary alicyclic amines) is 1. The number of anilines is 1. The Kier molecular flexibility index (Phi) is 6.97. The number of hydrogen-bond donors (Lipinski definition) is 0. The maximum absolute atomic E-state index is 12.9. The van der Waals surface area contributed by atoms with Gasteiger partial charge < -0.3 is 4.74 Å². The summed E-state index contributed by atoms with van der Waals surface area (Å²) < 4.78 is 5.70. The van der Waals surface area contributed by atoms with Crippen LogP contribution < -0.4 is 4.90 Å². The van der Waals surface area contributed by atoms with Crippen molar-refractivity contribution in [2.24, 2.45) is 0 Å². The Balaban J connectivity index is 1.80. The van der Waals surface area contributed by atoms with Crippen LogP contribution in [0.2, 0.25) is 0 Å². The van der Waals surface area contributed by atoms with Crippen molar-refractivity contribution in [1.29, 1.82) is 0 Å². The van der Waals surface area contributed by atoms with Gasteiger partial charge in [0.1, 0.15) is 11.4 Å². The number of pyridine rings is 1. The monoisotopic (exact) mass is 387 g/mol. The molecule has 0 aromatic carbocycles. The first-order valence-electron chi connectivity index (χ1n) is 11.1. The Hall–Kier alpha value is -1.62. The van der Waals surface area contributed by atoms with Crippen LogP contribution in [0.25, 0.3) is 0 Å². The molecule has 5 heteroatoms. The molecule has 0 N–H and O–H groups in total. The molecule has 1 amide bonds. The lowest BCUT2D eigenvalue weighted by atomic mass is 9.96. The van der Waals surface area contributed by atoms with E-state index in [9.17, 15) is 4.79 Å². The van der Waals surface area contributed by atoms with Crippen LogP contribution >= 0.6 is 0 Å². The van der Waals surface area contributed by atoms with E-state index in [2.05, 4.69) is 17.9 Å². The molecule has 1 aliphatic carbocycles. The quantitative estimate of drug-likeness (QED) is 0.650. The van der Waals surface area contributed by atoms with Crippen molar-refractivity contribution in [1.82, 2.24) is 9.88 Å². The van der Waals surface area contributed by atoms with E-state index in [4.69, 9.17) is 9.72 Å². The number of piperidine rings is 1. The second-order valence-corrected chi connectivity index (χ2v) is 9.29. The number of ether oxygens (including phenoxy) is 1. The molecular weight excluding hydrogens is 350 g/mol. The number of carbonyl (C=O) groups is 1. The van der Waals surface area contributed by atoms with Gasteiger partial charge in [-0.25, -0.2) is 9.78 Å². The second-order valence-electron chi connectivity index (χ2n) is 9.29. The van der Waals surface area contributed by atoms with E-state index in [1.165, 1.54) is 37.8 Å². The predicted octanol–water partition coefficient (Wildman–Crippen LogP) is 5.70. The number of aromatic nitrogens is 1. The number of rotatable bonds is 5. The number of nitrogens with zero attached hydrogens (tertiary/aromatic N) is 3. The minimum absolute atomic E-state index is 0.194. The van der Waals surface area contributed by atoms with Crippen LogP contribution in [0.5, 0.6) is 0 Å². The van der Waals surface area contributed by atoms with Crippen molar-refractivity contribution in [3.05, 3.63) is 23.9 Å². The van der Waals surface area contributed by atoms with Crippen molar-refractivity contribution in [2.45, 2.75) is 96.7 Å². The van der Waals surface area contributed by atoms with E-state index in [0.29, 0.717) is 6.04 Å². The molecule has 1 aliphatic heterocycles. The minimum atomic E-state index is -0.503. The lowest BCUT2D eigenvalue weighted by molar-refractivity contribution is 0.0564. The molecule has 1 unspecified atom stereocenters. The summed E-state index contributed by atoms with van der Waals surface area (Å²) in [6, 6.07) is 4.85. The molecular formula is C23H37N3O2. The zero-order valence-corrected chi connectivity index (χ0v) is 18.1. The molecule has 156 valence electrons. The minimum Gasteiger partial charge on any atom is -0.443 e. The van der Waals surface area contributed by atoms with Crippen LogP contribution in [0, 0.1) is 0 Å². The molecule has 1 aromatic heterocycles. The average molecular weight is 388 g/mol. The van der Waals surface area contributed by atoms with Gasteiger partial charge in [0, 0.05) is 18.3 Å². The molecule has 1 atom stereocenters. The molecule has 1 aromatic rings. The van der Waals surface area contributed by atoms with Crippen LogP contribution in [0.1, 0.15) is 90.7 Å². The highest BCUT2D eigenvalue weighted by Crippen LogP contribution is 2.33. The highest BCUT2D eigenvalue weighted by molar-refractivity contribution is 5.87. The van der Waals surface area contributed by atoms with Gasteiger partial charge >= 0.3 is 6.09 Å². The maximum Gasteiger partial charge on any atom is 0.416 e. The number of carbonyl (C=O) groups excluding carboxylic acids is 1. The lowest BCUT2D eigenvalue weighted by Gasteiger charge is -2.36.